The van der Waals surface area contributed by atoms with Crippen LogP contribution < -0.4 is 0 Å². The maximum atomic E-state index is 10.6. The lowest BCUT2D eigenvalue weighted by Gasteiger charge is -2.13. The summed E-state index contributed by atoms with van der Waals surface area (Å²) in [6.45, 7) is 4.51. The Kier molecular flexibility index (Phi) is 4.39. The van der Waals surface area contributed by atoms with Gasteiger partial charge in [-0.1, -0.05) is 0 Å². The average molecular weight is 185 g/mol. The quantitative estimate of drug-likeness (QED) is 0.644. The Balaban J connectivity index is 1.97. The van der Waals surface area contributed by atoms with Crippen LogP contribution in [0.25, 0.3) is 0 Å². The summed E-state index contributed by atoms with van der Waals surface area (Å²) >= 11 is 0. The van der Waals surface area contributed by atoms with E-state index in [1.807, 2.05) is 0 Å². The van der Waals surface area contributed by atoms with Gasteiger partial charge in [-0.25, -0.2) is 0 Å². The molecule has 0 aliphatic carbocycles. The van der Waals surface area contributed by atoms with Gasteiger partial charge in [-0.05, 0) is 32.7 Å². The minimum Gasteiger partial charge on any atom is -0.392 e. The Morgan fingerprint density at radius 1 is 1.54 bits per heavy atom. The molecule has 0 aromatic carbocycles. The Bertz CT molecular complexity index is 170. The summed E-state index contributed by atoms with van der Waals surface area (Å²) in [5.74, 6) is 0.279. The van der Waals surface area contributed by atoms with Crippen molar-refractivity contribution in [1.82, 2.24) is 4.90 Å². The SMILES string of the molecule is CC(=O)CCCCN1CCC(O)C1. The van der Waals surface area contributed by atoms with Gasteiger partial charge in [0.1, 0.15) is 5.78 Å². The molecule has 1 rings (SSSR count). The Labute approximate surface area is 79.7 Å². The van der Waals surface area contributed by atoms with Crippen molar-refractivity contribution in [2.75, 3.05) is 19.6 Å². The minimum absolute atomic E-state index is 0.118. The number of β-amino-alcohol motifs (C(OH)–C–C–N with tert-alkyl or cyclic N) is 1. The first-order chi connectivity index (χ1) is 6.18. The Morgan fingerprint density at radius 2 is 2.31 bits per heavy atom. The highest BCUT2D eigenvalue weighted by Gasteiger charge is 2.18. The van der Waals surface area contributed by atoms with Crippen molar-refractivity contribution in [2.45, 2.75) is 38.7 Å². The third kappa shape index (κ3) is 4.39. The molecule has 0 bridgehead atoms. The number of likely N-dealkylation sites (tertiary alicyclic amines) is 1. The molecule has 1 heterocycles. The Hall–Kier alpha value is -0.410. The van der Waals surface area contributed by atoms with Crippen LogP contribution in [0.1, 0.15) is 32.6 Å². The average Bonchev–Trinajstić information content (AvgIpc) is 2.45. The van der Waals surface area contributed by atoms with Crippen LogP contribution in [-0.2, 0) is 4.79 Å². The number of hydrogen-bond acceptors (Lipinski definition) is 3. The van der Waals surface area contributed by atoms with E-state index in [0.29, 0.717) is 6.42 Å². The number of carbonyl (C=O) groups is 1. The molecule has 0 aromatic heterocycles. The number of Topliss-reactive ketones (excluding diaryl/α,β-unsaturated/α-hetero) is 1. The van der Waals surface area contributed by atoms with Gasteiger partial charge in [0.15, 0.2) is 0 Å². The number of hydrogen-bond donors (Lipinski definition) is 1. The van der Waals surface area contributed by atoms with E-state index in [1.165, 1.54) is 0 Å². The molecule has 3 heteroatoms. The second-order valence-electron chi connectivity index (χ2n) is 3.90. The molecule has 1 saturated heterocycles. The van der Waals surface area contributed by atoms with E-state index in [4.69, 9.17) is 0 Å². The molecular weight excluding hydrogens is 166 g/mol. The first-order valence-corrected chi connectivity index (χ1v) is 5.08. The zero-order valence-corrected chi connectivity index (χ0v) is 8.33. The summed E-state index contributed by atoms with van der Waals surface area (Å²) in [6.07, 6.45) is 3.56. The van der Waals surface area contributed by atoms with Crippen LogP contribution in [0.15, 0.2) is 0 Å². The second kappa shape index (κ2) is 5.35. The van der Waals surface area contributed by atoms with Crippen molar-refractivity contribution in [3.8, 4) is 0 Å². The molecule has 1 fully saturated rings. The summed E-state index contributed by atoms with van der Waals surface area (Å²) < 4.78 is 0. The topological polar surface area (TPSA) is 40.5 Å². The zero-order valence-electron chi connectivity index (χ0n) is 8.33. The highest BCUT2D eigenvalue weighted by atomic mass is 16.3. The molecule has 0 radical (unpaired) electrons. The summed E-state index contributed by atoms with van der Waals surface area (Å²) in [7, 11) is 0. The maximum absolute atomic E-state index is 10.6. The molecule has 1 unspecified atom stereocenters. The molecule has 1 atom stereocenters. The van der Waals surface area contributed by atoms with E-state index in [1.54, 1.807) is 6.92 Å². The fourth-order valence-electron chi connectivity index (χ4n) is 1.72. The first-order valence-electron chi connectivity index (χ1n) is 5.08. The summed E-state index contributed by atoms with van der Waals surface area (Å²) in [5, 5.41) is 9.25. The van der Waals surface area contributed by atoms with Crippen LogP contribution in [0.3, 0.4) is 0 Å². The monoisotopic (exact) mass is 185 g/mol. The lowest BCUT2D eigenvalue weighted by molar-refractivity contribution is -0.117. The van der Waals surface area contributed by atoms with Crippen molar-refractivity contribution in [3.05, 3.63) is 0 Å². The molecule has 0 amide bonds. The fourth-order valence-corrected chi connectivity index (χ4v) is 1.72. The van der Waals surface area contributed by atoms with Crippen LogP contribution in [0.2, 0.25) is 0 Å². The van der Waals surface area contributed by atoms with Gasteiger partial charge in [0.2, 0.25) is 0 Å². The number of aliphatic hydroxyl groups is 1. The number of aliphatic hydroxyl groups excluding tert-OH is 1. The van der Waals surface area contributed by atoms with Crippen LogP contribution in [0.5, 0.6) is 0 Å². The predicted molar refractivity (Wildman–Crippen MR) is 51.6 cm³/mol. The molecule has 0 aromatic rings. The van der Waals surface area contributed by atoms with Crippen molar-refractivity contribution in [3.63, 3.8) is 0 Å². The second-order valence-corrected chi connectivity index (χ2v) is 3.90. The molecule has 76 valence electrons. The lowest BCUT2D eigenvalue weighted by Crippen LogP contribution is -2.23. The summed E-state index contributed by atoms with van der Waals surface area (Å²) in [6, 6.07) is 0. The van der Waals surface area contributed by atoms with Crippen molar-refractivity contribution < 1.29 is 9.90 Å². The maximum Gasteiger partial charge on any atom is 0.129 e. The van der Waals surface area contributed by atoms with E-state index in [2.05, 4.69) is 4.90 Å². The number of rotatable bonds is 5. The largest absolute Gasteiger partial charge is 0.392 e. The van der Waals surface area contributed by atoms with Gasteiger partial charge in [-0.15, -0.1) is 0 Å². The molecule has 0 spiro atoms. The Morgan fingerprint density at radius 3 is 2.85 bits per heavy atom. The van der Waals surface area contributed by atoms with Gasteiger partial charge < -0.3 is 14.8 Å². The summed E-state index contributed by atoms with van der Waals surface area (Å²) in [4.78, 5) is 12.9. The number of nitrogens with zero attached hydrogens (tertiary/aromatic N) is 1. The highest BCUT2D eigenvalue weighted by molar-refractivity contribution is 5.75. The van der Waals surface area contributed by atoms with E-state index in [0.717, 1.165) is 38.9 Å². The van der Waals surface area contributed by atoms with E-state index < -0.39 is 0 Å². The molecule has 1 aliphatic heterocycles. The van der Waals surface area contributed by atoms with E-state index in [-0.39, 0.29) is 11.9 Å². The van der Waals surface area contributed by atoms with Gasteiger partial charge >= 0.3 is 0 Å². The number of unbranched alkanes of at least 4 members (excludes halogenated alkanes) is 1. The van der Waals surface area contributed by atoms with E-state index >= 15 is 0 Å². The minimum atomic E-state index is -0.118. The molecule has 1 N–H and O–H groups in total. The standard InChI is InChI=1S/C10H19NO2/c1-9(12)4-2-3-6-11-7-5-10(13)8-11/h10,13H,2-8H2,1H3. The normalized spacial score (nSPS) is 23.7. The molecule has 0 saturated carbocycles. The van der Waals surface area contributed by atoms with Crippen molar-refractivity contribution in [2.24, 2.45) is 0 Å². The van der Waals surface area contributed by atoms with Crippen LogP contribution >= 0.6 is 0 Å². The van der Waals surface area contributed by atoms with Gasteiger partial charge in [0.25, 0.3) is 0 Å². The van der Waals surface area contributed by atoms with Crippen LogP contribution in [0, 0.1) is 0 Å². The first kappa shape index (κ1) is 10.7. The third-order valence-electron chi connectivity index (χ3n) is 2.50. The molecular formula is C10H19NO2. The number of carbonyl (C=O) groups excluding carboxylic acids is 1. The highest BCUT2D eigenvalue weighted by Crippen LogP contribution is 2.09. The van der Waals surface area contributed by atoms with Crippen molar-refractivity contribution >= 4 is 5.78 Å². The van der Waals surface area contributed by atoms with Crippen LogP contribution in [0.4, 0.5) is 0 Å². The molecule has 1 aliphatic rings. The predicted octanol–water partition coefficient (Wildman–Crippen LogP) is 0.812. The number of ketones is 1. The molecule has 3 nitrogen and oxygen atoms in total. The van der Waals surface area contributed by atoms with Gasteiger partial charge in [-0.2, -0.15) is 0 Å². The van der Waals surface area contributed by atoms with Gasteiger partial charge in [0.05, 0.1) is 6.10 Å². The van der Waals surface area contributed by atoms with Gasteiger partial charge in [-0.3, -0.25) is 0 Å². The van der Waals surface area contributed by atoms with Crippen molar-refractivity contribution in [1.29, 1.82) is 0 Å². The third-order valence-corrected chi connectivity index (χ3v) is 2.50. The molecule has 13 heavy (non-hydrogen) atoms. The van der Waals surface area contributed by atoms with Crippen LogP contribution in [-0.4, -0.2) is 41.5 Å². The lowest BCUT2D eigenvalue weighted by atomic mass is 10.2. The van der Waals surface area contributed by atoms with E-state index in [9.17, 15) is 9.90 Å². The zero-order chi connectivity index (χ0) is 9.68. The fraction of sp³-hybridized carbons (Fsp3) is 0.900. The smallest absolute Gasteiger partial charge is 0.129 e. The van der Waals surface area contributed by atoms with Gasteiger partial charge in [0, 0.05) is 19.5 Å². The summed E-state index contributed by atoms with van der Waals surface area (Å²) in [5.41, 5.74) is 0.